The van der Waals surface area contributed by atoms with Crippen LogP contribution in [-0.2, 0) is 0 Å². The van der Waals surface area contributed by atoms with E-state index < -0.39 is 0 Å². The van der Waals surface area contributed by atoms with E-state index in [2.05, 4.69) is 66.8 Å². The molecule has 4 rings (SSSR count). The summed E-state index contributed by atoms with van der Waals surface area (Å²) in [5.74, 6) is 0.561. The quantitative estimate of drug-likeness (QED) is 0.638. The first-order chi connectivity index (χ1) is 9.93. The molecule has 1 aromatic rings. The van der Waals surface area contributed by atoms with Crippen molar-refractivity contribution in [1.82, 2.24) is 0 Å². The summed E-state index contributed by atoms with van der Waals surface area (Å²) in [6.07, 6.45) is 19.3. The largest absolute Gasteiger partial charge is 0.0830 e. The van der Waals surface area contributed by atoms with E-state index in [9.17, 15) is 0 Å². The van der Waals surface area contributed by atoms with Crippen LogP contribution >= 0.6 is 0 Å². The van der Waals surface area contributed by atoms with Crippen LogP contribution in [0.2, 0.25) is 0 Å². The van der Waals surface area contributed by atoms with Gasteiger partial charge in [-0.2, -0.15) is 0 Å². The highest BCUT2D eigenvalue weighted by Gasteiger charge is 2.25. The van der Waals surface area contributed by atoms with Crippen LogP contribution in [0.1, 0.15) is 36.3 Å². The molecular formula is C20H18. The SMILES string of the molecule is C1=CCC2=C([C@@H]3CC=Cc4ccccc43)CC=CC2=C1. The zero-order valence-corrected chi connectivity index (χ0v) is 11.5. The average Bonchev–Trinajstić information content (AvgIpc) is 2.54. The minimum absolute atomic E-state index is 0.561. The Kier molecular flexibility index (Phi) is 2.81. The van der Waals surface area contributed by atoms with Gasteiger partial charge in [-0.1, -0.05) is 72.4 Å². The van der Waals surface area contributed by atoms with Crippen LogP contribution in [0.4, 0.5) is 0 Å². The van der Waals surface area contributed by atoms with Gasteiger partial charge in [-0.05, 0) is 41.5 Å². The van der Waals surface area contributed by atoms with E-state index in [0.29, 0.717) is 5.92 Å². The van der Waals surface area contributed by atoms with Crippen molar-refractivity contribution in [2.75, 3.05) is 0 Å². The normalized spacial score (nSPS) is 23.4. The van der Waals surface area contributed by atoms with Gasteiger partial charge in [-0.15, -0.1) is 0 Å². The Morgan fingerprint density at radius 3 is 2.85 bits per heavy atom. The number of rotatable bonds is 1. The molecule has 0 aromatic heterocycles. The van der Waals surface area contributed by atoms with Gasteiger partial charge in [0.05, 0.1) is 0 Å². The fourth-order valence-corrected chi connectivity index (χ4v) is 3.61. The molecule has 0 saturated heterocycles. The molecule has 0 N–H and O–H groups in total. The minimum atomic E-state index is 0.561. The standard InChI is InChI=1S/C20H18/c1-3-11-17-15(7-1)9-5-13-19(17)20-14-6-10-16-8-2-4-12-18(16)20/h1-11,19H,12-14H2/t19-/m1/s1. The molecule has 20 heavy (non-hydrogen) atoms. The second-order valence-corrected chi connectivity index (χ2v) is 5.68. The van der Waals surface area contributed by atoms with Crippen LogP contribution in [0.3, 0.4) is 0 Å². The molecule has 0 aliphatic heterocycles. The maximum Gasteiger partial charge on any atom is 0.00979 e. The molecule has 0 fully saturated rings. The van der Waals surface area contributed by atoms with Gasteiger partial charge in [0.25, 0.3) is 0 Å². The number of fused-ring (bicyclic) bond motifs is 2. The van der Waals surface area contributed by atoms with Crippen molar-refractivity contribution >= 4 is 6.08 Å². The number of hydrogen-bond donors (Lipinski definition) is 0. The second kappa shape index (κ2) is 4.79. The predicted molar refractivity (Wildman–Crippen MR) is 85.5 cm³/mol. The van der Waals surface area contributed by atoms with E-state index in [1.54, 1.807) is 11.1 Å². The molecule has 0 amide bonds. The highest BCUT2D eigenvalue weighted by molar-refractivity contribution is 5.62. The maximum absolute atomic E-state index is 2.33. The summed E-state index contributed by atoms with van der Waals surface area (Å²) in [7, 11) is 0. The Hall–Kier alpha value is -2.08. The molecule has 1 aromatic carbocycles. The van der Waals surface area contributed by atoms with Crippen LogP contribution < -0.4 is 0 Å². The topological polar surface area (TPSA) is 0 Å². The summed E-state index contributed by atoms with van der Waals surface area (Å²) in [5, 5.41) is 0. The fraction of sp³-hybridized carbons (Fsp3) is 0.200. The molecule has 3 aliphatic carbocycles. The molecule has 0 heterocycles. The lowest BCUT2D eigenvalue weighted by Crippen LogP contribution is -2.12. The summed E-state index contributed by atoms with van der Waals surface area (Å²) < 4.78 is 0. The predicted octanol–water partition coefficient (Wildman–Crippen LogP) is 5.33. The zero-order chi connectivity index (χ0) is 13.4. The molecule has 0 spiro atoms. The third-order valence-corrected chi connectivity index (χ3v) is 4.57. The van der Waals surface area contributed by atoms with Gasteiger partial charge in [0, 0.05) is 5.92 Å². The van der Waals surface area contributed by atoms with Crippen LogP contribution in [0.25, 0.3) is 6.08 Å². The van der Waals surface area contributed by atoms with Gasteiger partial charge in [-0.3, -0.25) is 0 Å². The lowest BCUT2D eigenvalue weighted by atomic mass is 9.75. The number of benzene rings is 1. The first-order valence-corrected chi connectivity index (χ1v) is 7.44. The van der Waals surface area contributed by atoms with E-state index >= 15 is 0 Å². The molecule has 3 aliphatic rings. The molecule has 0 nitrogen and oxygen atoms in total. The first kappa shape index (κ1) is 11.7. The van der Waals surface area contributed by atoms with E-state index in [-0.39, 0.29) is 0 Å². The summed E-state index contributed by atoms with van der Waals surface area (Å²) in [5.41, 5.74) is 7.50. The van der Waals surface area contributed by atoms with Crippen LogP contribution in [0.15, 0.2) is 77.4 Å². The number of allylic oxidation sites excluding steroid dienone is 9. The van der Waals surface area contributed by atoms with Crippen molar-refractivity contribution in [3.8, 4) is 0 Å². The minimum Gasteiger partial charge on any atom is -0.0830 e. The molecule has 0 unspecified atom stereocenters. The van der Waals surface area contributed by atoms with Crippen molar-refractivity contribution < 1.29 is 0 Å². The Morgan fingerprint density at radius 1 is 0.900 bits per heavy atom. The van der Waals surface area contributed by atoms with Crippen LogP contribution in [-0.4, -0.2) is 0 Å². The first-order valence-electron chi connectivity index (χ1n) is 7.44. The molecule has 0 heteroatoms. The molecule has 1 atom stereocenters. The summed E-state index contributed by atoms with van der Waals surface area (Å²) in [4.78, 5) is 0. The molecule has 98 valence electrons. The maximum atomic E-state index is 2.33. The summed E-state index contributed by atoms with van der Waals surface area (Å²) in [6.45, 7) is 0. The third kappa shape index (κ3) is 1.84. The average molecular weight is 258 g/mol. The highest BCUT2D eigenvalue weighted by Crippen LogP contribution is 2.42. The Labute approximate surface area is 120 Å². The van der Waals surface area contributed by atoms with Crippen molar-refractivity contribution in [1.29, 1.82) is 0 Å². The van der Waals surface area contributed by atoms with Crippen molar-refractivity contribution in [2.24, 2.45) is 0 Å². The van der Waals surface area contributed by atoms with Crippen molar-refractivity contribution in [2.45, 2.75) is 25.2 Å². The smallest absolute Gasteiger partial charge is 0.00979 e. The monoisotopic (exact) mass is 258 g/mol. The van der Waals surface area contributed by atoms with E-state index in [0.717, 1.165) is 19.3 Å². The zero-order valence-electron chi connectivity index (χ0n) is 11.5. The Morgan fingerprint density at radius 2 is 1.85 bits per heavy atom. The molecule has 0 saturated carbocycles. The highest BCUT2D eigenvalue weighted by atomic mass is 14.3. The van der Waals surface area contributed by atoms with Crippen molar-refractivity contribution in [3.63, 3.8) is 0 Å². The third-order valence-electron chi connectivity index (χ3n) is 4.57. The lowest BCUT2D eigenvalue weighted by molar-refractivity contribution is 0.758. The molecular weight excluding hydrogens is 240 g/mol. The Bertz CT molecular complexity index is 693. The van der Waals surface area contributed by atoms with Gasteiger partial charge < -0.3 is 0 Å². The van der Waals surface area contributed by atoms with Gasteiger partial charge >= 0.3 is 0 Å². The van der Waals surface area contributed by atoms with Gasteiger partial charge in [0.1, 0.15) is 0 Å². The van der Waals surface area contributed by atoms with Gasteiger partial charge in [0.15, 0.2) is 0 Å². The summed E-state index contributed by atoms with van der Waals surface area (Å²) >= 11 is 0. The van der Waals surface area contributed by atoms with Crippen LogP contribution in [0, 0.1) is 0 Å². The fourth-order valence-electron chi connectivity index (χ4n) is 3.61. The Balaban J connectivity index is 1.82. The second-order valence-electron chi connectivity index (χ2n) is 5.68. The molecule has 0 radical (unpaired) electrons. The van der Waals surface area contributed by atoms with E-state index in [4.69, 9.17) is 0 Å². The van der Waals surface area contributed by atoms with Gasteiger partial charge in [0.2, 0.25) is 0 Å². The van der Waals surface area contributed by atoms with Gasteiger partial charge in [-0.25, -0.2) is 0 Å². The van der Waals surface area contributed by atoms with Crippen LogP contribution in [0.5, 0.6) is 0 Å². The lowest BCUT2D eigenvalue weighted by Gasteiger charge is -2.29. The van der Waals surface area contributed by atoms with E-state index in [1.807, 2.05) is 0 Å². The van der Waals surface area contributed by atoms with E-state index in [1.165, 1.54) is 16.7 Å². The molecule has 0 bridgehead atoms. The summed E-state index contributed by atoms with van der Waals surface area (Å²) in [6, 6.07) is 8.85. The van der Waals surface area contributed by atoms with Crippen molar-refractivity contribution in [3.05, 3.63) is 88.6 Å². The number of hydrogen-bond acceptors (Lipinski definition) is 0.